The van der Waals surface area contributed by atoms with Gasteiger partial charge in [0.25, 0.3) is 0 Å². The maximum absolute atomic E-state index is 12.2. The van der Waals surface area contributed by atoms with Gasteiger partial charge in [-0.25, -0.2) is 9.59 Å². The SMILES string of the molecule is CCC(C)C(=O)OCCN[C@@H](Cc1ccc(OC(=O)OC)c(OC(=O)OC)c1)C(=O)OC. The predicted octanol–water partition coefficient (Wildman–Crippen LogP) is 2.24. The molecule has 178 valence electrons. The maximum atomic E-state index is 12.2. The van der Waals surface area contributed by atoms with Crippen LogP contribution in [0.3, 0.4) is 0 Å². The van der Waals surface area contributed by atoms with Crippen LogP contribution in [0.25, 0.3) is 0 Å². The Morgan fingerprint density at radius 2 is 1.53 bits per heavy atom. The molecule has 1 aromatic rings. The average molecular weight is 455 g/mol. The molecule has 0 radical (unpaired) electrons. The van der Waals surface area contributed by atoms with E-state index in [0.29, 0.717) is 12.0 Å². The predicted molar refractivity (Wildman–Crippen MR) is 110 cm³/mol. The third kappa shape index (κ3) is 8.80. The summed E-state index contributed by atoms with van der Waals surface area (Å²) in [4.78, 5) is 46.9. The summed E-state index contributed by atoms with van der Waals surface area (Å²) in [7, 11) is 3.50. The zero-order valence-electron chi connectivity index (χ0n) is 18.8. The molecule has 0 saturated carbocycles. The Morgan fingerprint density at radius 1 is 0.906 bits per heavy atom. The molecule has 0 aliphatic carbocycles. The van der Waals surface area contributed by atoms with Crippen molar-refractivity contribution in [3.05, 3.63) is 23.8 Å². The molecule has 0 fully saturated rings. The normalized spacial score (nSPS) is 12.2. The number of hydrogen-bond acceptors (Lipinski definition) is 11. The van der Waals surface area contributed by atoms with Crippen molar-refractivity contribution < 1.29 is 47.6 Å². The summed E-state index contributed by atoms with van der Waals surface area (Å²) in [5.74, 6) is -1.24. The van der Waals surface area contributed by atoms with E-state index in [1.165, 1.54) is 19.2 Å². The first-order valence-electron chi connectivity index (χ1n) is 9.88. The molecule has 0 spiro atoms. The van der Waals surface area contributed by atoms with Crippen LogP contribution < -0.4 is 14.8 Å². The Labute approximate surface area is 186 Å². The Balaban J connectivity index is 2.90. The fraction of sp³-hybridized carbons (Fsp3) is 0.524. The molecule has 0 bridgehead atoms. The van der Waals surface area contributed by atoms with E-state index in [-0.39, 0.29) is 43.0 Å². The maximum Gasteiger partial charge on any atom is 0.513 e. The van der Waals surface area contributed by atoms with Crippen molar-refractivity contribution in [2.75, 3.05) is 34.5 Å². The van der Waals surface area contributed by atoms with Crippen LogP contribution in [-0.4, -0.2) is 64.8 Å². The van der Waals surface area contributed by atoms with Gasteiger partial charge in [0.05, 0.1) is 27.2 Å². The molecule has 1 N–H and O–H groups in total. The van der Waals surface area contributed by atoms with Crippen molar-refractivity contribution in [1.82, 2.24) is 5.32 Å². The monoisotopic (exact) mass is 455 g/mol. The molecule has 1 unspecified atom stereocenters. The molecule has 2 atom stereocenters. The number of benzene rings is 1. The highest BCUT2D eigenvalue weighted by Crippen LogP contribution is 2.30. The average Bonchev–Trinajstić information content (AvgIpc) is 2.80. The summed E-state index contributed by atoms with van der Waals surface area (Å²) < 4.78 is 28.9. The summed E-state index contributed by atoms with van der Waals surface area (Å²) in [5.41, 5.74) is 0.556. The zero-order valence-corrected chi connectivity index (χ0v) is 18.8. The van der Waals surface area contributed by atoms with Gasteiger partial charge in [-0.3, -0.25) is 9.59 Å². The standard InChI is InChI=1S/C21H29NO10/c1-6-13(2)18(23)30-10-9-22-15(19(24)27-3)11-14-7-8-16(31-20(25)28-4)17(12-14)32-21(26)29-5/h7-8,12-13,15,22H,6,9-11H2,1-5H3/t13?,15-/m0/s1. The third-order valence-corrected chi connectivity index (χ3v) is 4.41. The lowest BCUT2D eigenvalue weighted by Crippen LogP contribution is -2.41. The van der Waals surface area contributed by atoms with E-state index in [9.17, 15) is 19.2 Å². The lowest BCUT2D eigenvalue weighted by Gasteiger charge is -2.18. The van der Waals surface area contributed by atoms with Crippen molar-refractivity contribution >= 4 is 24.2 Å². The second-order valence-corrected chi connectivity index (χ2v) is 6.60. The van der Waals surface area contributed by atoms with Gasteiger partial charge in [0.1, 0.15) is 12.6 Å². The number of methoxy groups -OCH3 is 3. The Kier molecular flexibility index (Phi) is 11.6. The van der Waals surface area contributed by atoms with Gasteiger partial charge in [-0.05, 0) is 30.5 Å². The summed E-state index contributed by atoms with van der Waals surface area (Å²) in [5, 5.41) is 2.97. The van der Waals surface area contributed by atoms with Crippen LogP contribution >= 0.6 is 0 Å². The molecular weight excluding hydrogens is 426 g/mol. The molecule has 1 aromatic carbocycles. The first kappa shape index (κ1) is 26.7. The minimum absolute atomic E-state index is 0.0782. The van der Waals surface area contributed by atoms with Crippen molar-refractivity contribution in [2.45, 2.75) is 32.7 Å². The highest BCUT2D eigenvalue weighted by molar-refractivity contribution is 5.76. The molecule has 0 aliphatic rings. The van der Waals surface area contributed by atoms with Crippen LogP contribution in [0.5, 0.6) is 11.5 Å². The van der Waals surface area contributed by atoms with Gasteiger partial charge in [-0.2, -0.15) is 0 Å². The molecule has 0 aliphatic heterocycles. The molecule has 11 heteroatoms. The number of carbonyl (C=O) groups is 4. The van der Waals surface area contributed by atoms with Crippen LogP contribution in [0, 0.1) is 5.92 Å². The lowest BCUT2D eigenvalue weighted by atomic mass is 10.1. The zero-order chi connectivity index (χ0) is 24.1. The fourth-order valence-electron chi connectivity index (χ4n) is 2.42. The van der Waals surface area contributed by atoms with Gasteiger partial charge in [0.2, 0.25) is 0 Å². The first-order valence-corrected chi connectivity index (χ1v) is 9.88. The van der Waals surface area contributed by atoms with Gasteiger partial charge >= 0.3 is 24.2 Å². The van der Waals surface area contributed by atoms with Crippen LogP contribution in [0.2, 0.25) is 0 Å². The van der Waals surface area contributed by atoms with Crippen LogP contribution in [0.4, 0.5) is 9.59 Å². The second kappa shape index (κ2) is 13.9. The first-order chi connectivity index (χ1) is 15.2. The fourth-order valence-corrected chi connectivity index (χ4v) is 2.42. The van der Waals surface area contributed by atoms with Crippen molar-refractivity contribution in [2.24, 2.45) is 5.92 Å². The highest BCUT2D eigenvalue weighted by atomic mass is 16.7. The van der Waals surface area contributed by atoms with Crippen molar-refractivity contribution in [3.63, 3.8) is 0 Å². The molecule has 1 rings (SSSR count). The van der Waals surface area contributed by atoms with Gasteiger partial charge in [0, 0.05) is 6.54 Å². The van der Waals surface area contributed by atoms with E-state index < -0.39 is 24.3 Å². The number of hydrogen-bond donors (Lipinski definition) is 1. The largest absolute Gasteiger partial charge is 0.513 e. The summed E-state index contributed by atoms with van der Waals surface area (Å²) >= 11 is 0. The minimum atomic E-state index is -1.03. The number of esters is 2. The van der Waals surface area contributed by atoms with E-state index >= 15 is 0 Å². The van der Waals surface area contributed by atoms with E-state index in [4.69, 9.17) is 18.9 Å². The summed E-state index contributed by atoms with van der Waals surface area (Å²) in [6.07, 6.45) is -1.22. The van der Waals surface area contributed by atoms with Gasteiger partial charge < -0.3 is 33.7 Å². The van der Waals surface area contributed by atoms with Crippen molar-refractivity contribution in [1.29, 1.82) is 0 Å². The topological polar surface area (TPSA) is 136 Å². The number of carbonyl (C=O) groups excluding carboxylic acids is 4. The van der Waals surface area contributed by atoms with Gasteiger partial charge in [-0.15, -0.1) is 0 Å². The smallest absolute Gasteiger partial charge is 0.468 e. The van der Waals surface area contributed by atoms with E-state index in [1.807, 2.05) is 6.92 Å². The molecule has 0 saturated heterocycles. The quantitative estimate of drug-likeness (QED) is 0.228. The van der Waals surface area contributed by atoms with E-state index in [1.54, 1.807) is 13.0 Å². The molecule has 0 heterocycles. The Hall–Kier alpha value is -3.34. The van der Waals surface area contributed by atoms with E-state index in [2.05, 4.69) is 14.8 Å². The Bertz CT molecular complexity index is 795. The van der Waals surface area contributed by atoms with Crippen molar-refractivity contribution in [3.8, 4) is 11.5 Å². The summed E-state index contributed by atoms with van der Waals surface area (Å²) in [6, 6.07) is 3.59. The molecule has 32 heavy (non-hydrogen) atoms. The summed E-state index contributed by atoms with van der Waals surface area (Å²) in [6.45, 7) is 3.96. The van der Waals surface area contributed by atoms with Gasteiger partial charge in [-0.1, -0.05) is 19.9 Å². The lowest BCUT2D eigenvalue weighted by molar-refractivity contribution is -0.147. The minimum Gasteiger partial charge on any atom is -0.468 e. The van der Waals surface area contributed by atoms with Crippen LogP contribution in [0.1, 0.15) is 25.8 Å². The molecular formula is C21H29NO10. The molecule has 0 amide bonds. The van der Waals surface area contributed by atoms with Gasteiger partial charge in [0.15, 0.2) is 11.5 Å². The third-order valence-electron chi connectivity index (χ3n) is 4.41. The number of rotatable bonds is 11. The van der Waals surface area contributed by atoms with E-state index in [0.717, 1.165) is 14.2 Å². The van der Waals surface area contributed by atoms with Crippen LogP contribution in [0.15, 0.2) is 18.2 Å². The second-order valence-electron chi connectivity index (χ2n) is 6.60. The number of nitrogens with one attached hydrogen (secondary N) is 1. The number of ether oxygens (including phenoxy) is 6. The highest BCUT2D eigenvalue weighted by Gasteiger charge is 2.22. The van der Waals surface area contributed by atoms with Crippen LogP contribution in [-0.2, 0) is 35.0 Å². The molecule has 0 aromatic heterocycles. The Morgan fingerprint density at radius 3 is 2.09 bits per heavy atom. The molecule has 11 nitrogen and oxygen atoms in total.